The summed E-state index contributed by atoms with van der Waals surface area (Å²) in [5.74, 6) is 0. The summed E-state index contributed by atoms with van der Waals surface area (Å²) in [5, 5.41) is 7.11. The van der Waals surface area contributed by atoms with E-state index in [1.54, 1.807) is 0 Å². The van der Waals surface area contributed by atoms with Gasteiger partial charge in [0.05, 0.1) is 16.6 Å². The number of fused-ring (bicyclic) bond motifs is 9. The zero-order valence-electron chi connectivity index (χ0n) is 18.2. The van der Waals surface area contributed by atoms with E-state index in [4.69, 9.17) is 9.40 Å². The molecule has 8 aromatic rings. The van der Waals surface area contributed by atoms with Gasteiger partial charge in [-0.1, -0.05) is 78.9 Å². The van der Waals surface area contributed by atoms with Gasteiger partial charge in [0.2, 0.25) is 0 Å². The number of aromatic nitrogens is 2. The highest BCUT2D eigenvalue weighted by Crippen LogP contribution is 2.42. The van der Waals surface area contributed by atoms with Crippen LogP contribution in [0.2, 0.25) is 0 Å². The van der Waals surface area contributed by atoms with E-state index in [9.17, 15) is 0 Å². The van der Waals surface area contributed by atoms with Crippen LogP contribution in [0.25, 0.3) is 71.2 Å². The maximum absolute atomic E-state index is 6.52. The molecule has 3 nitrogen and oxygen atoms in total. The van der Waals surface area contributed by atoms with E-state index in [1.807, 2.05) is 24.3 Å². The van der Waals surface area contributed by atoms with Gasteiger partial charge in [-0.05, 0) is 41.1 Å². The summed E-state index contributed by atoms with van der Waals surface area (Å²) < 4.78 is 8.88. The first-order valence-corrected chi connectivity index (χ1v) is 11.5. The SMILES string of the molecule is c1ccc2c(c1)ccc1c2c2ccccc2n1-c1c2ccccc2nc2c1oc1ccccc12. The highest BCUT2D eigenvalue weighted by molar-refractivity contribution is 6.23. The Balaban J connectivity index is 1.68. The first-order chi connectivity index (χ1) is 16.9. The summed E-state index contributed by atoms with van der Waals surface area (Å²) >= 11 is 0. The van der Waals surface area contributed by atoms with Gasteiger partial charge in [-0.15, -0.1) is 0 Å². The Morgan fingerprint density at radius 3 is 2.18 bits per heavy atom. The molecule has 0 aliphatic rings. The Hall–Kier alpha value is -4.63. The van der Waals surface area contributed by atoms with Crippen molar-refractivity contribution in [1.82, 2.24) is 9.55 Å². The second-order valence-corrected chi connectivity index (χ2v) is 8.79. The van der Waals surface area contributed by atoms with Gasteiger partial charge in [-0.3, -0.25) is 0 Å². The van der Waals surface area contributed by atoms with Crippen molar-refractivity contribution in [1.29, 1.82) is 0 Å². The molecular formula is C31H18N2O. The average Bonchev–Trinajstić information content (AvgIpc) is 3.43. The van der Waals surface area contributed by atoms with Gasteiger partial charge in [-0.2, -0.15) is 0 Å². The number of para-hydroxylation sites is 3. The molecular weight excluding hydrogens is 416 g/mol. The second kappa shape index (κ2) is 6.46. The van der Waals surface area contributed by atoms with E-state index < -0.39 is 0 Å². The van der Waals surface area contributed by atoms with Crippen molar-refractivity contribution in [2.45, 2.75) is 0 Å². The molecule has 0 spiro atoms. The van der Waals surface area contributed by atoms with Gasteiger partial charge in [0.15, 0.2) is 5.58 Å². The van der Waals surface area contributed by atoms with Crippen molar-refractivity contribution in [2.24, 2.45) is 0 Å². The predicted molar refractivity (Wildman–Crippen MR) is 141 cm³/mol. The van der Waals surface area contributed by atoms with Crippen LogP contribution in [0, 0.1) is 0 Å². The van der Waals surface area contributed by atoms with Gasteiger partial charge in [0.1, 0.15) is 16.8 Å². The van der Waals surface area contributed by atoms with Crippen LogP contribution in [0.15, 0.2) is 114 Å². The van der Waals surface area contributed by atoms with E-state index in [0.717, 1.165) is 49.7 Å². The maximum Gasteiger partial charge on any atom is 0.178 e. The van der Waals surface area contributed by atoms with Crippen LogP contribution in [-0.2, 0) is 0 Å². The molecule has 34 heavy (non-hydrogen) atoms. The van der Waals surface area contributed by atoms with Gasteiger partial charge >= 0.3 is 0 Å². The van der Waals surface area contributed by atoms with Gasteiger partial charge in [-0.25, -0.2) is 4.98 Å². The maximum atomic E-state index is 6.52. The molecule has 0 bridgehead atoms. The third-order valence-corrected chi connectivity index (χ3v) is 6.96. The molecule has 0 aliphatic heterocycles. The number of nitrogens with zero attached hydrogens (tertiary/aromatic N) is 2. The van der Waals surface area contributed by atoms with Gasteiger partial charge in [0, 0.05) is 21.5 Å². The molecule has 0 atom stereocenters. The first kappa shape index (κ1) is 17.9. The molecule has 0 aliphatic carbocycles. The van der Waals surface area contributed by atoms with Crippen molar-refractivity contribution in [3.63, 3.8) is 0 Å². The fourth-order valence-corrected chi connectivity index (χ4v) is 5.52. The molecule has 3 heteroatoms. The fourth-order valence-electron chi connectivity index (χ4n) is 5.52. The van der Waals surface area contributed by atoms with E-state index in [0.29, 0.717) is 0 Å². The van der Waals surface area contributed by atoms with Crippen LogP contribution in [0.5, 0.6) is 0 Å². The van der Waals surface area contributed by atoms with Crippen LogP contribution < -0.4 is 0 Å². The number of benzene rings is 5. The minimum Gasteiger partial charge on any atom is -0.452 e. The molecule has 0 unspecified atom stereocenters. The predicted octanol–water partition coefficient (Wildman–Crippen LogP) is 8.38. The Kier molecular flexibility index (Phi) is 3.39. The van der Waals surface area contributed by atoms with Crippen molar-refractivity contribution >= 4 is 65.6 Å². The summed E-state index contributed by atoms with van der Waals surface area (Å²) in [5.41, 5.74) is 6.89. The summed E-state index contributed by atoms with van der Waals surface area (Å²) in [6.45, 7) is 0. The lowest BCUT2D eigenvalue weighted by atomic mass is 10.0. The van der Waals surface area contributed by atoms with Crippen LogP contribution in [-0.4, -0.2) is 9.55 Å². The molecule has 8 rings (SSSR count). The lowest BCUT2D eigenvalue weighted by Gasteiger charge is -2.12. The second-order valence-electron chi connectivity index (χ2n) is 8.79. The lowest BCUT2D eigenvalue weighted by molar-refractivity contribution is 0.666. The van der Waals surface area contributed by atoms with E-state index >= 15 is 0 Å². The highest BCUT2D eigenvalue weighted by atomic mass is 16.3. The Labute approximate surface area is 194 Å². The van der Waals surface area contributed by atoms with Crippen LogP contribution >= 0.6 is 0 Å². The van der Waals surface area contributed by atoms with Crippen LogP contribution in [0.4, 0.5) is 0 Å². The zero-order chi connectivity index (χ0) is 22.2. The molecule has 0 fully saturated rings. The van der Waals surface area contributed by atoms with Gasteiger partial charge < -0.3 is 8.98 Å². The summed E-state index contributed by atoms with van der Waals surface area (Å²) in [6, 6.07) is 38.2. The summed E-state index contributed by atoms with van der Waals surface area (Å²) in [6.07, 6.45) is 0. The molecule has 3 aromatic heterocycles. The first-order valence-electron chi connectivity index (χ1n) is 11.5. The van der Waals surface area contributed by atoms with Gasteiger partial charge in [0.25, 0.3) is 0 Å². The van der Waals surface area contributed by atoms with Crippen molar-refractivity contribution in [3.8, 4) is 5.69 Å². The molecule has 0 N–H and O–H groups in total. The Bertz CT molecular complexity index is 2080. The van der Waals surface area contributed by atoms with Crippen molar-refractivity contribution in [3.05, 3.63) is 109 Å². The smallest absolute Gasteiger partial charge is 0.178 e. The number of hydrogen-bond acceptors (Lipinski definition) is 2. The average molecular weight is 434 g/mol. The molecule has 5 aromatic carbocycles. The molecule has 0 saturated heterocycles. The standard InChI is InChI=1S/C31H18N2O/c1-2-10-20-19(9-1)17-18-26-28(20)22-12-4-7-15-25(22)33(26)30-21-11-3-6-14-24(21)32-29-23-13-5-8-16-27(23)34-31(29)30/h1-18H. The lowest BCUT2D eigenvalue weighted by Crippen LogP contribution is -1.97. The monoisotopic (exact) mass is 434 g/mol. The summed E-state index contributed by atoms with van der Waals surface area (Å²) in [4.78, 5) is 5.04. The van der Waals surface area contributed by atoms with Crippen molar-refractivity contribution in [2.75, 3.05) is 0 Å². The number of furan rings is 1. The normalized spacial score (nSPS) is 12.1. The zero-order valence-corrected chi connectivity index (χ0v) is 18.2. The Morgan fingerprint density at radius 2 is 1.26 bits per heavy atom. The van der Waals surface area contributed by atoms with Crippen molar-refractivity contribution < 1.29 is 4.42 Å². The van der Waals surface area contributed by atoms with Crippen LogP contribution in [0.3, 0.4) is 0 Å². The topological polar surface area (TPSA) is 31.0 Å². The number of rotatable bonds is 1. The highest BCUT2D eigenvalue weighted by Gasteiger charge is 2.22. The van der Waals surface area contributed by atoms with E-state index in [-0.39, 0.29) is 0 Å². The third-order valence-electron chi connectivity index (χ3n) is 6.96. The minimum absolute atomic E-state index is 0.815. The molecule has 158 valence electrons. The Morgan fingerprint density at radius 1 is 0.559 bits per heavy atom. The minimum atomic E-state index is 0.815. The molecule has 3 heterocycles. The molecule has 0 amide bonds. The summed E-state index contributed by atoms with van der Waals surface area (Å²) in [7, 11) is 0. The fraction of sp³-hybridized carbons (Fsp3) is 0. The molecule has 0 radical (unpaired) electrons. The number of hydrogen-bond donors (Lipinski definition) is 0. The largest absolute Gasteiger partial charge is 0.452 e. The quantitative estimate of drug-likeness (QED) is 0.260. The van der Waals surface area contributed by atoms with E-state index in [2.05, 4.69) is 89.5 Å². The molecule has 0 saturated carbocycles. The van der Waals surface area contributed by atoms with E-state index in [1.165, 1.54) is 21.5 Å². The van der Waals surface area contributed by atoms with Crippen LogP contribution in [0.1, 0.15) is 0 Å². The third kappa shape index (κ3) is 2.23. The number of pyridine rings is 1.